The van der Waals surface area contributed by atoms with Crippen LogP contribution >= 0.6 is 12.2 Å². The summed E-state index contributed by atoms with van der Waals surface area (Å²) in [4.78, 5) is 10.4. The van der Waals surface area contributed by atoms with Crippen molar-refractivity contribution in [3.05, 3.63) is 0 Å². The molecule has 0 saturated heterocycles. The molecule has 0 spiro atoms. The highest BCUT2D eigenvalue weighted by Crippen LogP contribution is 2.01. The number of carbonyl (C=O) groups excluding carboxylic acids is 1. The van der Waals surface area contributed by atoms with Gasteiger partial charge in [0.2, 0.25) is 6.29 Å². The van der Waals surface area contributed by atoms with Gasteiger partial charge in [0, 0.05) is 20.3 Å². The average molecular weight is 176 g/mol. The third kappa shape index (κ3) is 5.79. The summed E-state index contributed by atoms with van der Waals surface area (Å²) in [6.07, 6.45) is 0.0816. The third-order valence-electron chi connectivity index (χ3n) is 0.928. The predicted molar refractivity (Wildman–Crippen MR) is 45.2 cm³/mol. The summed E-state index contributed by atoms with van der Waals surface area (Å²) >= 11 is 4.68. The number of hydrogen-bond donors (Lipinski definition) is 0. The largest absolute Gasteiger partial charge is 0.449 e. The molecule has 0 aliphatic rings. The van der Waals surface area contributed by atoms with Crippen molar-refractivity contribution >= 4 is 23.2 Å². The Morgan fingerprint density at radius 3 is 2.27 bits per heavy atom. The van der Waals surface area contributed by atoms with Crippen molar-refractivity contribution < 1.29 is 14.3 Å². The number of carbonyl (C=O) groups is 1. The van der Waals surface area contributed by atoms with Crippen molar-refractivity contribution in [2.45, 2.75) is 33.5 Å². The van der Waals surface area contributed by atoms with Gasteiger partial charge in [0.15, 0.2) is 5.05 Å². The smallest absolute Gasteiger partial charge is 0.305 e. The van der Waals surface area contributed by atoms with Gasteiger partial charge in [0.1, 0.15) is 0 Å². The topological polar surface area (TPSA) is 35.5 Å². The van der Waals surface area contributed by atoms with Gasteiger partial charge in [-0.1, -0.05) is 6.92 Å². The van der Waals surface area contributed by atoms with Crippen LogP contribution in [0.3, 0.4) is 0 Å². The zero-order chi connectivity index (χ0) is 8.85. The fourth-order valence-electron chi connectivity index (χ4n) is 0.561. The Kier molecular flexibility index (Phi) is 4.77. The normalized spacial score (nSPS) is 11.9. The lowest BCUT2D eigenvalue weighted by Crippen LogP contribution is -2.20. The van der Waals surface area contributed by atoms with Crippen molar-refractivity contribution in [3.63, 3.8) is 0 Å². The summed E-state index contributed by atoms with van der Waals surface area (Å²) in [5.41, 5.74) is 0. The van der Waals surface area contributed by atoms with Crippen LogP contribution in [-0.4, -0.2) is 17.3 Å². The minimum absolute atomic E-state index is 0.354. The molecule has 64 valence electrons. The molecular formula is C7H12O3S. The van der Waals surface area contributed by atoms with Gasteiger partial charge in [0.05, 0.1) is 0 Å². The first-order valence-corrected chi connectivity index (χ1v) is 3.81. The lowest BCUT2D eigenvalue weighted by molar-refractivity contribution is -0.162. The highest BCUT2D eigenvalue weighted by Gasteiger charge is 2.09. The van der Waals surface area contributed by atoms with E-state index in [4.69, 9.17) is 9.47 Å². The van der Waals surface area contributed by atoms with Gasteiger partial charge >= 0.3 is 5.97 Å². The third-order valence-corrected chi connectivity index (χ3v) is 1.02. The first-order chi connectivity index (χ1) is 5.06. The van der Waals surface area contributed by atoms with E-state index in [0.717, 1.165) is 0 Å². The van der Waals surface area contributed by atoms with Crippen LogP contribution < -0.4 is 0 Å². The van der Waals surface area contributed by atoms with Crippen molar-refractivity contribution in [2.75, 3.05) is 0 Å². The second kappa shape index (κ2) is 5.07. The maximum Gasteiger partial charge on any atom is 0.305 e. The van der Waals surface area contributed by atoms with Gasteiger partial charge in [-0.25, -0.2) is 0 Å². The Hall–Kier alpha value is -0.640. The molecule has 0 aliphatic heterocycles. The van der Waals surface area contributed by atoms with E-state index in [2.05, 4.69) is 12.2 Å². The van der Waals surface area contributed by atoms with Gasteiger partial charge < -0.3 is 9.47 Å². The summed E-state index contributed by atoms with van der Waals surface area (Å²) in [5.74, 6) is -0.354. The van der Waals surface area contributed by atoms with E-state index in [1.54, 1.807) is 6.92 Å². The lowest BCUT2D eigenvalue weighted by atomic mass is 10.5. The molecule has 0 aromatic heterocycles. The van der Waals surface area contributed by atoms with Crippen LogP contribution in [0.2, 0.25) is 0 Å². The quantitative estimate of drug-likeness (QED) is 0.372. The van der Waals surface area contributed by atoms with Crippen LogP contribution in [0.1, 0.15) is 27.2 Å². The molecule has 0 aromatic rings. The predicted octanol–water partition coefficient (Wildman–Crippen LogP) is 1.65. The molecular weight excluding hydrogens is 164 g/mol. The van der Waals surface area contributed by atoms with E-state index in [0.29, 0.717) is 11.5 Å². The molecule has 0 N–H and O–H groups in total. The first kappa shape index (κ1) is 10.4. The summed E-state index contributed by atoms with van der Waals surface area (Å²) in [6, 6.07) is 0. The number of rotatable bonds is 3. The van der Waals surface area contributed by atoms with Crippen LogP contribution in [-0.2, 0) is 14.3 Å². The highest BCUT2D eigenvalue weighted by molar-refractivity contribution is 7.80. The van der Waals surface area contributed by atoms with Crippen molar-refractivity contribution in [3.8, 4) is 0 Å². The number of hydrogen-bond acceptors (Lipinski definition) is 4. The monoisotopic (exact) mass is 176 g/mol. The molecule has 0 radical (unpaired) electrons. The summed E-state index contributed by atoms with van der Waals surface area (Å²) < 4.78 is 9.76. The zero-order valence-corrected chi connectivity index (χ0v) is 7.73. The minimum Gasteiger partial charge on any atom is -0.449 e. The molecule has 11 heavy (non-hydrogen) atoms. The molecule has 0 heterocycles. The van der Waals surface area contributed by atoms with Gasteiger partial charge in [-0.3, -0.25) is 4.79 Å². The Morgan fingerprint density at radius 1 is 1.45 bits per heavy atom. The van der Waals surface area contributed by atoms with Crippen LogP contribution in [0, 0.1) is 0 Å². The summed E-state index contributed by atoms with van der Waals surface area (Å²) in [7, 11) is 0. The average Bonchev–Trinajstić information content (AvgIpc) is 1.84. The maximum absolute atomic E-state index is 10.4. The van der Waals surface area contributed by atoms with Crippen molar-refractivity contribution in [1.29, 1.82) is 0 Å². The van der Waals surface area contributed by atoms with Crippen LogP contribution in [0.25, 0.3) is 0 Å². The zero-order valence-electron chi connectivity index (χ0n) is 6.92. The van der Waals surface area contributed by atoms with E-state index in [9.17, 15) is 4.79 Å². The van der Waals surface area contributed by atoms with E-state index >= 15 is 0 Å². The summed E-state index contributed by atoms with van der Waals surface area (Å²) in [6.45, 7) is 4.83. The summed E-state index contributed by atoms with van der Waals surface area (Å²) in [5, 5.41) is 0.387. The molecule has 0 bridgehead atoms. The first-order valence-electron chi connectivity index (χ1n) is 3.40. The van der Waals surface area contributed by atoms with E-state index in [1.165, 1.54) is 6.92 Å². The van der Waals surface area contributed by atoms with Gasteiger partial charge in [-0.2, -0.15) is 0 Å². The number of ether oxygens (including phenoxy) is 2. The molecule has 0 rings (SSSR count). The SMILES string of the molecule is CCC(OC(C)=O)OC(C)=S. The Balaban J connectivity index is 3.76. The fraction of sp³-hybridized carbons (Fsp3) is 0.714. The van der Waals surface area contributed by atoms with Crippen LogP contribution in [0.5, 0.6) is 0 Å². The van der Waals surface area contributed by atoms with E-state index in [-0.39, 0.29) is 5.97 Å². The lowest BCUT2D eigenvalue weighted by Gasteiger charge is -2.15. The van der Waals surface area contributed by atoms with Gasteiger partial charge in [0.25, 0.3) is 0 Å². The minimum atomic E-state index is -0.523. The van der Waals surface area contributed by atoms with E-state index in [1.807, 2.05) is 6.92 Å². The van der Waals surface area contributed by atoms with Crippen LogP contribution in [0.15, 0.2) is 0 Å². The fourth-order valence-corrected chi connectivity index (χ4v) is 0.668. The molecule has 1 atom stereocenters. The second-order valence-electron chi connectivity index (χ2n) is 2.06. The molecule has 0 fully saturated rings. The highest BCUT2D eigenvalue weighted by atomic mass is 32.1. The molecule has 0 aromatic carbocycles. The Labute approximate surface area is 71.7 Å². The molecule has 0 aliphatic carbocycles. The maximum atomic E-state index is 10.4. The number of thiocarbonyl (C=S) groups is 1. The Bertz CT molecular complexity index is 140. The molecule has 0 amide bonds. The Morgan fingerprint density at radius 2 is 2.00 bits per heavy atom. The second-order valence-corrected chi connectivity index (χ2v) is 2.63. The standard InChI is InChI=1S/C7H12O3S/c1-4-7(9-5(2)8)10-6(3)11/h7H,4H2,1-3H3. The number of esters is 1. The molecule has 0 saturated carbocycles. The molecule has 4 heteroatoms. The molecule has 3 nitrogen and oxygen atoms in total. The van der Waals surface area contributed by atoms with Crippen molar-refractivity contribution in [2.24, 2.45) is 0 Å². The van der Waals surface area contributed by atoms with Gasteiger partial charge in [-0.05, 0) is 12.2 Å². The van der Waals surface area contributed by atoms with Gasteiger partial charge in [-0.15, -0.1) is 0 Å². The van der Waals surface area contributed by atoms with Crippen molar-refractivity contribution in [1.82, 2.24) is 0 Å². The molecule has 1 unspecified atom stereocenters. The van der Waals surface area contributed by atoms with E-state index < -0.39 is 6.29 Å². The van der Waals surface area contributed by atoms with Crippen LogP contribution in [0.4, 0.5) is 0 Å².